The lowest BCUT2D eigenvalue weighted by Gasteiger charge is -2.16. The van der Waals surface area contributed by atoms with Crippen LogP contribution < -0.4 is 4.31 Å². The number of hydrogen-bond donors (Lipinski definition) is 0. The van der Waals surface area contributed by atoms with Crippen LogP contribution in [0.4, 0.5) is 13.9 Å². The Balaban J connectivity index is 2.37. The Morgan fingerprint density at radius 3 is 2.74 bits per heavy atom. The van der Waals surface area contributed by atoms with Crippen molar-refractivity contribution in [1.82, 2.24) is 4.98 Å². The highest BCUT2D eigenvalue weighted by molar-refractivity contribution is 7.93. The Kier molecular flexibility index (Phi) is 4.95. The summed E-state index contributed by atoms with van der Waals surface area (Å²) in [6.07, 6.45) is 0. The Bertz CT molecular complexity index is 836. The number of benzene rings is 1. The van der Waals surface area contributed by atoms with Gasteiger partial charge in [0.05, 0.1) is 6.61 Å². The van der Waals surface area contributed by atoms with Gasteiger partial charge in [-0.25, -0.2) is 31.3 Å². The number of carbonyl (C=O) groups excluding carboxylic acids is 1. The van der Waals surface area contributed by atoms with E-state index >= 15 is 0 Å². The number of ether oxygens (including phenoxy) is 1. The molecule has 0 saturated carbocycles. The minimum absolute atomic E-state index is 0.0615. The van der Waals surface area contributed by atoms with Crippen LogP contribution in [-0.2, 0) is 14.8 Å². The first-order valence-electron chi connectivity index (χ1n) is 6.34. The topological polar surface area (TPSA) is 76.6 Å². The molecule has 1 heterocycles. The summed E-state index contributed by atoms with van der Waals surface area (Å²) in [6.45, 7) is 1.77. The van der Waals surface area contributed by atoms with Gasteiger partial charge >= 0.3 is 5.97 Å². The van der Waals surface area contributed by atoms with Crippen LogP contribution in [0, 0.1) is 11.6 Å². The molecule has 23 heavy (non-hydrogen) atoms. The van der Waals surface area contributed by atoms with Crippen molar-refractivity contribution in [3.63, 3.8) is 0 Å². The van der Waals surface area contributed by atoms with E-state index in [-0.39, 0.29) is 17.4 Å². The number of anilines is 1. The fourth-order valence-electron chi connectivity index (χ4n) is 1.63. The smallest absolute Gasteiger partial charge is 0.357 e. The lowest BCUT2D eigenvalue weighted by molar-refractivity contribution is 0.0520. The zero-order valence-electron chi connectivity index (χ0n) is 12.1. The fraction of sp³-hybridized carbons (Fsp3) is 0.231. The van der Waals surface area contributed by atoms with Gasteiger partial charge in [-0.05, 0) is 25.1 Å². The van der Waals surface area contributed by atoms with Crippen LogP contribution >= 0.6 is 11.3 Å². The Morgan fingerprint density at radius 1 is 1.39 bits per heavy atom. The van der Waals surface area contributed by atoms with E-state index in [1.54, 1.807) is 6.92 Å². The highest BCUT2D eigenvalue weighted by Crippen LogP contribution is 2.27. The number of halogens is 2. The van der Waals surface area contributed by atoms with Crippen LogP contribution in [0.2, 0.25) is 0 Å². The van der Waals surface area contributed by atoms with Gasteiger partial charge in [-0.15, -0.1) is 11.3 Å². The molecule has 0 saturated heterocycles. The minimum Gasteiger partial charge on any atom is -0.461 e. The number of hydrogen-bond acceptors (Lipinski definition) is 6. The summed E-state index contributed by atoms with van der Waals surface area (Å²) in [5.74, 6) is -2.66. The third kappa shape index (κ3) is 3.48. The lowest BCUT2D eigenvalue weighted by Crippen LogP contribution is -2.27. The Morgan fingerprint density at radius 2 is 2.09 bits per heavy atom. The molecule has 124 valence electrons. The van der Waals surface area contributed by atoms with E-state index in [4.69, 9.17) is 4.74 Å². The number of thiazole rings is 1. The molecule has 0 bridgehead atoms. The molecule has 0 aliphatic carbocycles. The van der Waals surface area contributed by atoms with Crippen molar-refractivity contribution in [3.05, 3.63) is 40.9 Å². The van der Waals surface area contributed by atoms with Gasteiger partial charge < -0.3 is 4.74 Å². The third-order valence-electron chi connectivity index (χ3n) is 2.78. The van der Waals surface area contributed by atoms with Crippen LogP contribution in [0.25, 0.3) is 0 Å². The summed E-state index contributed by atoms with van der Waals surface area (Å²) in [5.41, 5.74) is -0.0615. The van der Waals surface area contributed by atoms with Crippen molar-refractivity contribution >= 4 is 32.5 Å². The maximum Gasteiger partial charge on any atom is 0.357 e. The van der Waals surface area contributed by atoms with Crippen LogP contribution in [0.15, 0.2) is 28.5 Å². The summed E-state index contributed by atoms with van der Waals surface area (Å²) in [4.78, 5) is 14.6. The first kappa shape index (κ1) is 17.3. The summed E-state index contributed by atoms with van der Waals surface area (Å²) in [6, 6.07) is 2.12. The molecule has 1 aromatic heterocycles. The molecule has 0 spiro atoms. The van der Waals surface area contributed by atoms with Gasteiger partial charge in [0.25, 0.3) is 10.0 Å². The maximum atomic E-state index is 13.7. The predicted molar refractivity (Wildman–Crippen MR) is 80.0 cm³/mol. The summed E-state index contributed by atoms with van der Waals surface area (Å²) in [7, 11) is -3.22. The molecule has 0 unspecified atom stereocenters. The zero-order chi connectivity index (χ0) is 17.2. The van der Waals surface area contributed by atoms with Crippen molar-refractivity contribution < 1.29 is 26.7 Å². The molecule has 0 aliphatic rings. The van der Waals surface area contributed by atoms with E-state index in [2.05, 4.69) is 4.98 Å². The summed E-state index contributed by atoms with van der Waals surface area (Å²) >= 11 is 0.862. The van der Waals surface area contributed by atoms with E-state index in [0.29, 0.717) is 10.4 Å². The number of aromatic nitrogens is 1. The molecule has 0 atom stereocenters. The molecule has 0 radical (unpaired) electrons. The molecule has 0 amide bonds. The zero-order valence-corrected chi connectivity index (χ0v) is 13.7. The van der Waals surface area contributed by atoms with Crippen LogP contribution in [-0.4, -0.2) is 33.0 Å². The lowest BCUT2D eigenvalue weighted by atomic mass is 10.3. The molecule has 1 aromatic carbocycles. The van der Waals surface area contributed by atoms with E-state index < -0.39 is 32.5 Å². The van der Waals surface area contributed by atoms with Crippen LogP contribution in [0.5, 0.6) is 0 Å². The van der Waals surface area contributed by atoms with Crippen molar-refractivity contribution in [2.75, 3.05) is 18.0 Å². The number of carbonyl (C=O) groups is 1. The quantitative estimate of drug-likeness (QED) is 0.764. The largest absolute Gasteiger partial charge is 0.461 e. The molecule has 10 heteroatoms. The van der Waals surface area contributed by atoms with Crippen molar-refractivity contribution in [1.29, 1.82) is 0 Å². The Hall–Kier alpha value is -2.07. The highest BCUT2D eigenvalue weighted by atomic mass is 32.2. The van der Waals surface area contributed by atoms with Gasteiger partial charge in [0, 0.05) is 12.4 Å². The third-order valence-corrected chi connectivity index (χ3v) is 5.57. The SMILES string of the molecule is CCOC(=O)c1csc(N(C)S(=O)(=O)c2cc(F)ccc2F)n1. The molecule has 0 fully saturated rings. The van der Waals surface area contributed by atoms with Crippen LogP contribution in [0.3, 0.4) is 0 Å². The average Bonchev–Trinajstić information content (AvgIpc) is 2.99. The van der Waals surface area contributed by atoms with E-state index in [0.717, 1.165) is 30.5 Å². The van der Waals surface area contributed by atoms with Crippen molar-refractivity contribution in [2.24, 2.45) is 0 Å². The molecule has 2 rings (SSSR count). The van der Waals surface area contributed by atoms with Gasteiger partial charge in [-0.2, -0.15) is 0 Å². The van der Waals surface area contributed by atoms with E-state index in [1.165, 1.54) is 5.38 Å². The standard InChI is InChI=1S/C13H12F2N2O4S2/c1-3-21-12(18)10-7-22-13(16-10)17(2)23(19,20)11-6-8(14)4-5-9(11)15/h4-7H,3H2,1-2H3. The second-order valence-electron chi connectivity index (χ2n) is 4.28. The van der Waals surface area contributed by atoms with Gasteiger partial charge in [-0.1, -0.05) is 0 Å². The fourth-order valence-corrected chi connectivity index (χ4v) is 3.84. The second kappa shape index (κ2) is 6.59. The average molecular weight is 362 g/mol. The van der Waals surface area contributed by atoms with E-state index in [9.17, 15) is 22.0 Å². The van der Waals surface area contributed by atoms with Gasteiger partial charge in [0.1, 0.15) is 16.5 Å². The summed E-state index contributed by atoms with van der Waals surface area (Å²) in [5, 5.41) is 1.25. The van der Waals surface area contributed by atoms with Crippen LogP contribution in [0.1, 0.15) is 17.4 Å². The maximum absolute atomic E-state index is 13.7. The number of rotatable bonds is 5. The first-order valence-corrected chi connectivity index (χ1v) is 8.66. The Labute approximate surface area is 135 Å². The van der Waals surface area contributed by atoms with Gasteiger partial charge in [-0.3, -0.25) is 0 Å². The molecule has 2 aromatic rings. The van der Waals surface area contributed by atoms with Gasteiger partial charge in [0.2, 0.25) is 0 Å². The monoisotopic (exact) mass is 362 g/mol. The van der Waals surface area contributed by atoms with Crippen molar-refractivity contribution in [2.45, 2.75) is 11.8 Å². The number of sulfonamides is 1. The van der Waals surface area contributed by atoms with Gasteiger partial charge in [0.15, 0.2) is 10.8 Å². The molecular formula is C13H12F2N2O4S2. The number of nitrogens with zero attached hydrogens (tertiary/aromatic N) is 2. The second-order valence-corrected chi connectivity index (χ2v) is 7.06. The van der Waals surface area contributed by atoms with E-state index in [1.807, 2.05) is 0 Å². The molecule has 6 nitrogen and oxygen atoms in total. The minimum atomic E-state index is -4.36. The molecular weight excluding hydrogens is 350 g/mol. The van der Waals surface area contributed by atoms with Crippen molar-refractivity contribution in [3.8, 4) is 0 Å². The number of esters is 1. The normalized spacial score (nSPS) is 11.3. The summed E-state index contributed by atoms with van der Waals surface area (Å²) < 4.78 is 57.1. The molecule has 0 aliphatic heterocycles. The highest BCUT2D eigenvalue weighted by Gasteiger charge is 2.28. The predicted octanol–water partition coefficient (Wildman–Crippen LogP) is 2.42. The first-order chi connectivity index (χ1) is 10.8. The molecule has 0 N–H and O–H groups in total.